The number of aromatic nitrogens is 1. The molecule has 2 heterocycles. The topological polar surface area (TPSA) is 94.3 Å². The highest BCUT2D eigenvalue weighted by Gasteiger charge is 2.29. The SMILES string of the molecule is CCN(CC)C(C)CNC(=NC)N1CCN(S(=O)(=O)Cc2ccon2)CC1.I. The number of nitrogens with zero attached hydrogens (tertiary/aromatic N) is 5. The largest absolute Gasteiger partial charge is 0.364 e. The number of aliphatic imine (C=N–C) groups is 1. The molecule has 1 unspecified atom stereocenters. The van der Waals surface area contributed by atoms with Gasteiger partial charge in [-0.05, 0) is 20.0 Å². The first-order valence-electron chi connectivity index (χ1n) is 9.48. The number of halogens is 1. The molecule has 2 rings (SSSR count). The van der Waals surface area contributed by atoms with Gasteiger partial charge in [-0.15, -0.1) is 24.0 Å². The van der Waals surface area contributed by atoms with E-state index in [1.54, 1.807) is 13.1 Å². The Morgan fingerprint density at radius 1 is 1.32 bits per heavy atom. The van der Waals surface area contributed by atoms with Gasteiger partial charge in [-0.1, -0.05) is 19.0 Å². The lowest BCUT2D eigenvalue weighted by atomic mass is 10.2. The van der Waals surface area contributed by atoms with Gasteiger partial charge in [-0.3, -0.25) is 9.89 Å². The first-order valence-corrected chi connectivity index (χ1v) is 11.1. The molecule has 28 heavy (non-hydrogen) atoms. The van der Waals surface area contributed by atoms with Crippen LogP contribution < -0.4 is 5.32 Å². The molecule has 0 saturated carbocycles. The molecule has 0 amide bonds. The van der Waals surface area contributed by atoms with E-state index in [9.17, 15) is 8.42 Å². The van der Waals surface area contributed by atoms with Crippen molar-refractivity contribution >= 4 is 40.0 Å². The first-order chi connectivity index (χ1) is 12.9. The van der Waals surface area contributed by atoms with Gasteiger partial charge in [0.25, 0.3) is 0 Å². The molecule has 0 spiro atoms. The molecule has 1 saturated heterocycles. The summed E-state index contributed by atoms with van der Waals surface area (Å²) >= 11 is 0. The van der Waals surface area contributed by atoms with Crippen LogP contribution in [0.3, 0.4) is 0 Å². The van der Waals surface area contributed by atoms with Gasteiger partial charge in [0.05, 0.1) is 5.69 Å². The molecule has 1 atom stereocenters. The van der Waals surface area contributed by atoms with E-state index in [0.717, 1.165) is 25.6 Å². The van der Waals surface area contributed by atoms with Crippen molar-refractivity contribution in [2.75, 3.05) is 52.9 Å². The number of nitrogens with one attached hydrogen (secondary N) is 1. The van der Waals surface area contributed by atoms with Gasteiger partial charge in [0.1, 0.15) is 12.0 Å². The van der Waals surface area contributed by atoms with E-state index in [0.29, 0.717) is 37.9 Å². The van der Waals surface area contributed by atoms with E-state index in [2.05, 4.69) is 46.0 Å². The third-order valence-corrected chi connectivity index (χ3v) is 6.77. The lowest BCUT2D eigenvalue weighted by Gasteiger charge is -2.36. The maximum atomic E-state index is 12.5. The minimum atomic E-state index is -3.39. The second kappa shape index (κ2) is 11.9. The highest BCUT2D eigenvalue weighted by atomic mass is 127. The standard InChI is InChI=1S/C17H32N6O3S.HI/c1-5-21(6-2)15(3)13-19-17(18-4)22-8-10-23(11-9-22)27(24,25)14-16-7-12-26-20-16;/h7,12,15H,5-6,8-11,13-14H2,1-4H3,(H,18,19);1H. The van der Waals surface area contributed by atoms with Crippen LogP contribution >= 0.6 is 24.0 Å². The van der Waals surface area contributed by atoms with E-state index in [4.69, 9.17) is 4.52 Å². The Hall–Kier alpha value is -0.920. The Labute approximate surface area is 185 Å². The zero-order valence-corrected chi connectivity index (χ0v) is 20.3. The van der Waals surface area contributed by atoms with Gasteiger partial charge >= 0.3 is 0 Å². The summed E-state index contributed by atoms with van der Waals surface area (Å²) in [5.74, 6) is 0.695. The second-order valence-electron chi connectivity index (χ2n) is 6.63. The monoisotopic (exact) mass is 528 g/mol. The Morgan fingerprint density at radius 2 is 1.96 bits per heavy atom. The number of hydrogen-bond acceptors (Lipinski definition) is 6. The molecular formula is C17H33IN6O3S. The highest BCUT2D eigenvalue weighted by molar-refractivity contribution is 14.0. The fourth-order valence-electron chi connectivity index (χ4n) is 3.32. The predicted molar refractivity (Wildman–Crippen MR) is 121 cm³/mol. The van der Waals surface area contributed by atoms with Crippen molar-refractivity contribution in [2.45, 2.75) is 32.6 Å². The summed E-state index contributed by atoms with van der Waals surface area (Å²) in [6.45, 7) is 11.4. The van der Waals surface area contributed by atoms with Crippen molar-refractivity contribution in [3.8, 4) is 0 Å². The molecule has 162 valence electrons. The van der Waals surface area contributed by atoms with Gasteiger partial charge < -0.3 is 14.7 Å². The van der Waals surface area contributed by atoms with Crippen LogP contribution in [0.5, 0.6) is 0 Å². The van der Waals surface area contributed by atoms with Crippen LogP contribution in [0.25, 0.3) is 0 Å². The molecule has 0 radical (unpaired) electrons. The first kappa shape index (κ1) is 25.1. The van der Waals surface area contributed by atoms with Crippen molar-refractivity contribution in [1.29, 1.82) is 0 Å². The van der Waals surface area contributed by atoms with Crippen LogP contribution in [0.1, 0.15) is 26.5 Å². The van der Waals surface area contributed by atoms with Crippen molar-refractivity contribution < 1.29 is 12.9 Å². The fourth-order valence-corrected chi connectivity index (χ4v) is 4.74. The third kappa shape index (κ3) is 6.85. The number of piperazine rings is 1. The zero-order chi connectivity index (χ0) is 19.9. The molecule has 1 aromatic rings. The summed E-state index contributed by atoms with van der Waals surface area (Å²) in [7, 11) is -1.63. The van der Waals surface area contributed by atoms with Crippen LogP contribution in [-0.4, -0.2) is 92.5 Å². The minimum absolute atomic E-state index is 0. The highest BCUT2D eigenvalue weighted by Crippen LogP contribution is 2.13. The molecule has 0 aromatic carbocycles. The van der Waals surface area contributed by atoms with Crippen molar-refractivity contribution in [3.63, 3.8) is 0 Å². The van der Waals surface area contributed by atoms with E-state index in [-0.39, 0.29) is 29.7 Å². The average molecular weight is 528 g/mol. The van der Waals surface area contributed by atoms with Gasteiger partial charge in [0, 0.05) is 51.9 Å². The van der Waals surface area contributed by atoms with E-state index in [1.165, 1.54) is 10.6 Å². The Morgan fingerprint density at radius 3 is 2.46 bits per heavy atom. The smallest absolute Gasteiger partial charge is 0.220 e. The van der Waals surface area contributed by atoms with Crippen LogP contribution in [0.2, 0.25) is 0 Å². The third-order valence-electron chi connectivity index (χ3n) is 4.96. The number of rotatable bonds is 8. The predicted octanol–water partition coefficient (Wildman–Crippen LogP) is 1.05. The number of likely N-dealkylation sites (N-methyl/N-ethyl adjacent to an activating group) is 1. The maximum Gasteiger partial charge on any atom is 0.220 e. The Balaban J connectivity index is 0.00000392. The van der Waals surface area contributed by atoms with E-state index >= 15 is 0 Å². The molecule has 9 nitrogen and oxygen atoms in total. The average Bonchev–Trinajstić information content (AvgIpc) is 3.16. The summed E-state index contributed by atoms with van der Waals surface area (Å²) in [5, 5.41) is 7.12. The quantitative estimate of drug-likeness (QED) is 0.306. The Bertz CT molecular complexity index is 686. The fraction of sp³-hybridized carbons (Fsp3) is 0.765. The van der Waals surface area contributed by atoms with Gasteiger partial charge in [-0.2, -0.15) is 4.31 Å². The molecular weight excluding hydrogens is 495 g/mol. The summed E-state index contributed by atoms with van der Waals surface area (Å²) < 4.78 is 31.3. The molecule has 1 aliphatic heterocycles. The molecule has 11 heteroatoms. The second-order valence-corrected chi connectivity index (χ2v) is 8.60. The molecule has 1 N–H and O–H groups in total. The van der Waals surface area contributed by atoms with E-state index < -0.39 is 10.0 Å². The summed E-state index contributed by atoms with van der Waals surface area (Å²) in [6, 6.07) is 1.98. The molecule has 0 aliphatic carbocycles. The van der Waals surface area contributed by atoms with Gasteiger partial charge in [0.15, 0.2) is 5.96 Å². The van der Waals surface area contributed by atoms with Crippen molar-refractivity contribution in [1.82, 2.24) is 24.6 Å². The van der Waals surface area contributed by atoms with E-state index in [1.807, 2.05) is 0 Å². The number of hydrogen-bond donors (Lipinski definition) is 1. The summed E-state index contributed by atoms with van der Waals surface area (Å²) in [6.07, 6.45) is 1.39. The number of guanidine groups is 1. The number of sulfonamides is 1. The normalized spacial score (nSPS) is 17.5. The lowest BCUT2D eigenvalue weighted by molar-refractivity contribution is 0.225. The van der Waals surface area contributed by atoms with Gasteiger partial charge in [0.2, 0.25) is 10.0 Å². The zero-order valence-electron chi connectivity index (χ0n) is 17.2. The lowest BCUT2D eigenvalue weighted by Crippen LogP contribution is -2.55. The molecule has 1 fully saturated rings. The molecule has 0 bridgehead atoms. The van der Waals surface area contributed by atoms with Gasteiger partial charge in [-0.25, -0.2) is 8.42 Å². The van der Waals surface area contributed by atoms with Crippen LogP contribution in [0.4, 0.5) is 0 Å². The summed E-state index contributed by atoms with van der Waals surface area (Å²) in [4.78, 5) is 8.86. The minimum Gasteiger partial charge on any atom is -0.364 e. The Kier molecular flexibility index (Phi) is 10.7. The van der Waals surface area contributed by atoms with Crippen molar-refractivity contribution in [2.24, 2.45) is 4.99 Å². The molecule has 1 aliphatic rings. The maximum absolute atomic E-state index is 12.5. The van der Waals surface area contributed by atoms with Crippen LogP contribution in [-0.2, 0) is 15.8 Å². The van der Waals surface area contributed by atoms with Crippen LogP contribution in [0.15, 0.2) is 21.8 Å². The molecule has 1 aromatic heterocycles. The van der Waals surface area contributed by atoms with Crippen LogP contribution in [0, 0.1) is 0 Å². The summed E-state index contributed by atoms with van der Waals surface area (Å²) in [5.41, 5.74) is 0.431. The van der Waals surface area contributed by atoms with Crippen molar-refractivity contribution in [3.05, 3.63) is 18.0 Å².